The van der Waals surface area contributed by atoms with Gasteiger partial charge in [0.25, 0.3) is 11.8 Å². The summed E-state index contributed by atoms with van der Waals surface area (Å²) in [4.78, 5) is 53.4. The number of aromatic nitrogens is 1. The van der Waals surface area contributed by atoms with Gasteiger partial charge in [-0.05, 0) is 11.6 Å². The molecule has 0 unspecified atom stereocenters. The quantitative estimate of drug-likeness (QED) is 0.200. The summed E-state index contributed by atoms with van der Waals surface area (Å²) in [6, 6.07) is -0.938. The molecule has 4 rings (SSSR count). The molecule has 0 saturated carbocycles. The number of nitrogens with two attached hydrogens (primary N) is 1. The van der Waals surface area contributed by atoms with Crippen LogP contribution < -0.4 is 16.2 Å². The first-order valence-corrected chi connectivity index (χ1v) is 12.3. The minimum absolute atomic E-state index is 0.139. The molecule has 0 aliphatic carbocycles. The molecule has 34 heavy (non-hydrogen) atoms. The Labute approximate surface area is 203 Å². The van der Waals surface area contributed by atoms with E-state index in [0.717, 1.165) is 29.2 Å². The Morgan fingerprint density at radius 2 is 2.24 bits per heavy atom. The number of hydroxylamine groups is 3. The molecule has 3 aliphatic heterocycles. The van der Waals surface area contributed by atoms with Crippen molar-refractivity contribution in [1.29, 1.82) is 0 Å². The van der Waals surface area contributed by atoms with E-state index in [9.17, 15) is 19.5 Å². The third-order valence-corrected chi connectivity index (χ3v) is 7.50. The lowest BCUT2D eigenvalue weighted by Crippen LogP contribution is -2.71. The molecule has 0 bridgehead atoms. The normalized spacial score (nSPS) is 26.4. The number of carboxylic acid groups (broad SMARTS) is 1. The second-order valence-electron chi connectivity index (χ2n) is 8.30. The number of nitrogens with one attached hydrogen (secondary N) is 1. The van der Waals surface area contributed by atoms with Crippen LogP contribution in [0.4, 0.5) is 5.13 Å². The molecule has 1 aromatic rings. The number of nitrogen functional groups attached to an aromatic ring is 1. The molecule has 0 radical (unpaired) electrons. The van der Waals surface area contributed by atoms with Gasteiger partial charge < -0.3 is 25.8 Å². The zero-order chi connectivity index (χ0) is 24.6. The van der Waals surface area contributed by atoms with Gasteiger partial charge in [-0.25, -0.2) is 4.98 Å². The molecule has 2 amide bonds. The van der Waals surface area contributed by atoms with Gasteiger partial charge in [-0.15, -0.1) is 23.1 Å². The maximum absolute atomic E-state index is 12.9. The SMILES string of the molecule is CO/N=C(\C(=O)N[C@@H]1C(=O)N2C(C(=O)[O-])=C(/C=C\[C@@H]3CC[N+](C)(C)O3)CS[C@H]12)c1csc(N)n1. The van der Waals surface area contributed by atoms with E-state index in [1.165, 1.54) is 18.9 Å². The third kappa shape index (κ3) is 4.66. The van der Waals surface area contributed by atoms with Crippen molar-refractivity contribution in [2.75, 3.05) is 39.2 Å². The van der Waals surface area contributed by atoms with Crippen molar-refractivity contribution in [3.63, 3.8) is 0 Å². The highest BCUT2D eigenvalue weighted by molar-refractivity contribution is 8.00. The van der Waals surface area contributed by atoms with Gasteiger partial charge in [-0.3, -0.25) is 14.5 Å². The molecule has 2 saturated heterocycles. The minimum Gasteiger partial charge on any atom is -0.543 e. The Bertz CT molecular complexity index is 1110. The highest BCUT2D eigenvalue weighted by Crippen LogP contribution is 2.40. The smallest absolute Gasteiger partial charge is 0.276 e. The van der Waals surface area contributed by atoms with Crippen molar-refractivity contribution in [3.8, 4) is 0 Å². The van der Waals surface area contributed by atoms with Gasteiger partial charge in [-0.1, -0.05) is 11.2 Å². The number of carboxylic acids is 1. The first-order chi connectivity index (χ1) is 16.1. The summed E-state index contributed by atoms with van der Waals surface area (Å²) in [5.41, 5.74) is 5.96. The van der Waals surface area contributed by atoms with Crippen molar-refractivity contribution in [1.82, 2.24) is 15.2 Å². The van der Waals surface area contributed by atoms with Crippen LogP contribution in [-0.2, 0) is 24.1 Å². The maximum atomic E-state index is 12.9. The lowest BCUT2D eigenvalue weighted by molar-refractivity contribution is -1.06. The highest BCUT2D eigenvalue weighted by Gasteiger charge is 2.53. The summed E-state index contributed by atoms with van der Waals surface area (Å²) in [5.74, 6) is -2.37. The predicted octanol–water partition coefficient (Wildman–Crippen LogP) is -1.18. The number of anilines is 1. The number of thiazole rings is 1. The number of fused-ring (bicyclic) bond motifs is 1. The van der Waals surface area contributed by atoms with Crippen LogP contribution in [0.2, 0.25) is 0 Å². The Hall–Kier alpha value is -2.94. The van der Waals surface area contributed by atoms with E-state index < -0.39 is 29.2 Å². The van der Waals surface area contributed by atoms with E-state index >= 15 is 0 Å². The molecule has 1 aromatic heterocycles. The maximum Gasteiger partial charge on any atom is 0.276 e. The van der Waals surface area contributed by atoms with Gasteiger partial charge in [0.2, 0.25) is 0 Å². The molecular weight excluding hydrogens is 484 g/mol. The summed E-state index contributed by atoms with van der Waals surface area (Å²) in [6.45, 7) is 0.839. The fourth-order valence-corrected chi connectivity index (χ4v) is 5.79. The molecule has 14 heteroatoms. The second-order valence-corrected chi connectivity index (χ2v) is 10.3. The van der Waals surface area contributed by atoms with Crippen LogP contribution in [0.1, 0.15) is 12.1 Å². The van der Waals surface area contributed by atoms with Crippen LogP contribution in [0.3, 0.4) is 0 Å². The van der Waals surface area contributed by atoms with Crippen molar-refractivity contribution in [3.05, 3.63) is 34.5 Å². The van der Waals surface area contributed by atoms with Gasteiger partial charge in [0.1, 0.15) is 36.9 Å². The molecular formula is C20H24N6O6S2. The average Bonchev–Trinajstić information content (AvgIpc) is 3.37. The van der Waals surface area contributed by atoms with Crippen LogP contribution in [0.5, 0.6) is 0 Å². The van der Waals surface area contributed by atoms with Gasteiger partial charge in [0, 0.05) is 17.6 Å². The topological polar surface area (TPSA) is 159 Å². The number of oxime groups is 1. The Kier molecular flexibility index (Phi) is 6.66. The number of nitrogens with zero attached hydrogens (tertiary/aromatic N) is 4. The van der Waals surface area contributed by atoms with E-state index in [1.54, 1.807) is 11.5 Å². The first kappa shape index (κ1) is 24.2. The number of allylic oxidation sites excluding steroid dienone is 1. The number of amides is 2. The monoisotopic (exact) mass is 508 g/mol. The Balaban J connectivity index is 1.49. The lowest BCUT2D eigenvalue weighted by atomic mass is 10.0. The summed E-state index contributed by atoms with van der Waals surface area (Å²) >= 11 is 2.47. The number of β-lactam (4-membered cyclic amide) rings is 1. The highest BCUT2D eigenvalue weighted by atomic mass is 32.2. The summed E-state index contributed by atoms with van der Waals surface area (Å²) in [7, 11) is 5.17. The zero-order valence-electron chi connectivity index (χ0n) is 18.7. The van der Waals surface area contributed by atoms with Crippen LogP contribution >= 0.6 is 23.1 Å². The van der Waals surface area contributed by atoms with Crippen molar-refractivity contribution in [2.45, 2.75) is 23.9 Å². The zero-order valence-corrected chi connectivity index (χ0v) is 20.4. The van der Waals surface area contributed by atoms with Crippen LogP contribution in [0.25, 0.3) is 0 Å². The van der Waals surface area contributed by atoms with Gasteiger partial charge in [0.15, 0.2) is 10.8 Å². The summed E-state index contributed by atoms with van der Waals surface area (Å²) in [6.07, 6.45) is 4.15. The second kappa shape index (κ2) is 9.37. The van der Waals surface area contributed by atoms with Crippen LogP contribution in [0, 0.1) is 0 Å². The lowest BCUT2D eigenvalue weighted by Gasteiger charge is -2.50. The molecule has 0 aromatic carbocycles. The number of hydrogen-bond acceptors (Lipinski definition) is 11. The molecule has 0 spiro atoms. The van der Waals surface area contributed by atoms with Crippen LogP contribution in [0.15, 0.2) is 34.0 Å². The average molecular weight is 509 g/mol. The van der Waals surface area contributed by atoms with E-state index in [2.05, 4.69) is 15.5 Å². The van der Waals surface area contributed by atoms with E-state index in [1.807, 2.05) is 20.2 Å². The van der Waals surface area contributed by atoms with Crippen LogP contribution in [-0.4, -0.2) is 89.0 Å². The Morgan fingerprint density at radius 3 is 2.82 bits per heavy atom. The number of quaternary nitrogens is 1. The molecule has 3 aliphatic rings. The molecule has 3 atom stereocenters. The van der Waals surface area contributed by atoms with Gasteiger partial charge >= 0.3 is 0 Å². The number of carbonyl (C=O) groups excluding carboxylic acids is 3. The van der Waals surface area contributed by atoms with Gasteiger partial charge in [-0.2, -0.15) is 9.48 Å². The van der Waals surface area contributed by atoms with Crippen molar-refractivity contribution in [2.24, 2.45) is 5.16 Å². The first-order valence-electron chi connectivity index (χ1n) is 10.3. The minimum atomic E-state index is -1.45. The predicted molar refractivity (Wildman–Crippen MR) is 123 cm³/mol. The molecule has 2 fully saturated rings. The summed E-state index contributed by atoms with van der Waals surface area (Å²) < 4.78 is 0.423. The van der Waals surface area contributed by atoms with Gasteiger partial charge in [0.05, 0.1) is 25.8 Å². The molecule has 4 heterocycles. The third-order valence-electron chi connectivity index (χ3n) is 5.52. The number of hydrogen-bond donors (Lipinski definition) is 2. The number of carbonyl (C=O) groups is 3. The summed E-state index contributed by atoms with van der Waals surface area (Å²) in [5, 5.41) is 19.4. The van der Waals surface area contributed by atoms with E-state index in [4.69, 9.17) is 15.4 Å². The molecule has 3 N–H and O–H groups in total. The van der Waals surface area contributed by atoms with Crippen molar-refractivity contribution < 1.29 is 33.8 Å². The van der Waals surface area contributed by atoms with Crippen molar-refractivity contribution >= 4 is 51.7 Å². The Morgan fingerprint density at radius 1 is 1.47 bits per heavy atom. The molecule has 182 valence electrons. The standard InChI is InChI=1S/C20H24N6O6S2/c1-26(2)7-6-11(32-26)5-4-10-8-33-18-14(17(28)25(18)15(10)19(29)30)23-16(27)13(24-31-3)12-9-34-20(21)22-12/h4-5,9,11,14,18H,6-8H2,1-3H3,(H3-,21,22,23,27,29,30)/b5-4-,24-13-/t11-,14-,18-/m1/s1. The number of rotatable bonds is 7. The fourth-order valence-electron chi connectivity index (χ4n) is 3.93. The largest absolute Gasteiger partial charge is 0.543 e. The molecule has 12 nitrogen and oxygen atoms in total. The number of thioether (sulfide) groups is 1. The van der Waals surface area contributed by atoms with E-state index in [-0.39, 0.29) is 28.3 Å². The number of aliphatic carboxylic acids is 1. The fraction of sp³-hybridized carbons (Fsp3) is 0.450. The van der Waals surface area contributed by atoms with E-state index in [0.29, 0.717) is 16.0 Å².